The fraction of sp³-hybridized carbons (Fsp3) is 0.348. The minimum Gasteiger partial charge on any atom is -0.423 e. The molecule has 0 saturated carbocycles. The normalized spacial score (nSPS) is 11.7. The zero-order valence-electron chi connectivity index (χ0n) is 18.6. The summed E-state index contributed by atoms with van der Waals surface area (Å²) in [6.07, 6.45) is 0. The van der Waals surface area contributed by atoms with Crippen LogP contribution in [0.2, 0.25) is 0 Å². The van der Waals surface area contributed by atoms with Crippen LogP contribution in [0.1, 0.15) is 30.8 Å². The number of benzene rings is 1. The highest BCUT2D eigenvalue weighted by atomic mass is 32.2. The number of aromatic nitrogens is 4. The maximum atomic E-state index is 13.0. The van der Waals surface area contributed by atoms with E-state index in [2.05, 4.69) is 9.97 Å². The van der Waals surface area contributed by atoms with Gasteiger partial charge in [-0.3, -0.25) is 13.9 Å². The molecule has 0 fully saturated rings. The van der Waals surface area contributed by atoms with E-state index < -0.39 is 16.9 Å². The van der Waals surface area contributed by atoms with E-state index in [-0.39, 0.29) is 5.92 Å². The van der Waals surface area contributed by atoms with Gasteiger partial charge in [0.25, 0.3) is 5.56 Å². The number of rotatable bonds is 5. The van der Waals surface area contributed by atoms with Crippen LogP contribution in [-0.4, -0.2) is 19.1 Å². The van der Waals surface area contributed by atoms with E-state index in [0.717, 1.165) is 21.1 Å². The SMILES string of the molecule is Cc1ccc2c(CSc3nc(C)nc4c3c(=O)n(C)c(=O)n4CC(C)C)cc(=O)oc2c1. The molecule has 3 heterocycles. The monoisotopic (exact) mass is 452 g/mol. The van der Waals surface area contributed by atoms with Crippen molar-refractivity contribution in [3.05, 3.63) is 72.5 Å². The molecule has 0 N–H and O–H groups in total. The Balaban J connectivity index is 1.87. The van der Waals surface area contributed by atoms with E-state index >= 15 is 0 Å². The van der Waals surface area contributed by atoms with E-state index in [1.807, 2.05) is 39.0 Å². The van der Waals surface area contributed by atoms with Crippen molar-refractivity contribution in [3.63, 3.8) is 0 Å². The summed E-state index contributed by atoms with van der Waals surface area (Å²) >= 11 is 1.34. The van der Waals surface area contributed by atoms with Crippen molar-refractivity contribution in [2.75, 3.05) is 0 Å². The van der Waals surface area contributed by atoms with E-state index in [1.165, 1.54) is 29.4 Å². The van der Waals surface area contributed by atoms with Crippen LogP contribution in [0.5, 0.6) is 0 Å². The molecule has 0 aliphatic rings. The first-order valence-electron chi connectivity index (χ1n) is 10.3. The number of hydrogen-bond donors (Lipinski definition) is 0. The number of nitrogens with zero attached hydrogens (tertiary/aromatic N) is 4. The van der Waals surface area contributed by atoms with Crippen molar-refractivity contribution >= 4 is 33.8 Å². The largest absolute Gasteiger partial charge is 0.423 e. The molecular weight excluding hydrogens is 428 g/mol. The maximum absolute atomic E-state index is 13.0. The van der Waals surface area contributed by atoms with Crippen molar-refractivity contribution in [1.29, 1.82) is 0 Å². The number of fused-ring (bicyclic) bond motifs is 2. The molecule has 32 heavy (non-hydrogen) atoms. The molecule has 0 atom stereocenters. The van der Waals surface area contributed by atoms with Crippen molar-refractivity contribution in [1.82, 2.24) is 19.1 Å². The molecular formula is C23H24N4O4S. The minimum absolute atomic E-state index is 0.193. The highest BCUT2D eigenvalue weighted by Crippen LogP contribution is 2.29. The Morgan fingerprint density at radius 3 is 2.56 bits per heavy atom. The third-order valence-electron chi connectivity index (χ3n) is 5.16. The molecule has 0 aliphatic heterocycles. The molecule has 0 saturated heterocycles. The van der Waals surface area contributed by atoms with Gasteiger partial charge in [-0.25, -0.2) is 19.6 Å². The average Bonchev–Trinajstić information content (AvgIpc) is 2.72. The first kappa shape index (κ1) is 22.0. The van der Waals surface area contributed by atoms with Gasteiger partial charge in [0.05, 0.1) is 0 Å². The zero-order valence-corrected chi connectivity index (χ0v) is 19.4. The highest BCUT2D eigenvalue weighted by molar-refractivity contribution is 7.98. The Hall–Kier alpha value is -3.20. The van der Waals surface area contributed by atoms with E-state index in [0.29, 0.717) is 39.8 Å². The van der Waals surface area contributed by atoms with E-state index in [1.54, 1.807) is 6.92 Å². The minimum atomic E-state index is -0.430. The van der Waals surface area contributed by atoms with Gasteiger partial charge in [-0.1, -0.05) is 26.0 Å². The maximum Gasteiger partial charge on any atom is 0.336 e. The van der Waals surface area contributed by atoms with Gasteiger partial charge >= 0.3 is 11.3 Å². The lowest BCUT2D eigenvalue weighted by Crippen LogP contribution is -2.39. The Bertz CT molecular complexity index is 1530. The molecule has 8 nitrogen and oxygen atoms in total. The smallest absolute Gasteiger partial charge is 0.336 e. The van der Waals surface area contributed by atoms with E-state index in [4.69, 9.17) is 4.42 Å². The fourth-order valence-electron chi connectivity index (χ4n) is 3.68. The molecule has 0 spiro atoms. The van der Waals surface area contributed by atoms with Crippen LogP contribution in [0, 0.1) is 19.8 Å². The molecule has 0 amide bonds. The van der Waals surface area contributed by atoms with Gasteiger partial charge in [0.15, 0.2) is 5.65 Å². The predicted molar refractivity (Wildman–Crippen MR) is 125 cm³/mol. The van der Waals surface area contributed by atoms with Crippen LogP contribution in [0.25, 0.3) is 22.0 Å². The molecule has 0 aliphatic carbocycles. The van der Waals surface area contributed by atoms with Crippen LogP contribution in [-0.2, 0) is 19.3 Å². The highest BCUT2D eigenvalue weighted by Gasteiger charge is 2.19. The standard InChI is InChI=1S/C23H24N4O4S/c1-12(2)10-27-20-19(22(29)26(5)23(27)30)21(25-14(4)24-20)32-11-15-9-18(28)31-17-8-13(3)6-7-16(15)17/h6-9,12H,10-11H2,1-5H3. The average molecular weight is 453 g/mol. The van der Waals surface area contributed by atoms with Crippen molar-refractivity contribution in [3.8, 4) is 0 Å². The lowest BCUT2D eigenvalue weighted by molar-refractivity contribution is 0.498. The molecule has 3 aromatic heterocycles. The molecule has 1 aromatic carbocycles. The molecule has 0 radical (unpaired) electrons. The second kappa shape index (κ2) is 8.38. The topological polar surface area (TPSA) is 100.0 Å². The fourth-order valence-corrected chi connectivity index (χ4v) is 4.73. The number of hydrogen-bond acceptors (Lipinski definition) is 7. The second-order valence-electron chi connectivity index (χ2n) is 8.30. The zero-order chi connectivity index (χ0) is 23.2. The van der Waals surface area contributed by atoms with Crippen LogP contribution in [0.3, 0.4) is 0 Å². The summed E-state index contributed by atoms with van der Waals surface area (Å²) in [4.78, 5) is 46.8. The van der Waals surface area contributed by atoms with Gasteiger partial charge in [0.2, 0.25) is 0 Å². The third kappa shape index (κ3) is 4.00. The van der Waals surface area contributed by atoms with Gasteiger partial charge in [-0.05, 0) is 37.0 Å². The summed E-state index contributed by atoms with van der Waals surface area (Å²) in [5, 5.41) is 1.63. The van der Waals surface area contributed by atoms with Crippen molar-refractivity contribution in [2.24, 2.45) is 13.0 Å². The number of aryl methyl sites for hydroxylation is 2. The van der Waals surface area contributed by atoms with Crippen LogP contribution >= 0.6 is 11.8 Å². The summed E-state index contributed by atoms with van der Waals surface area (Å²) in [7, 11) is 1.47. The molecule has 0 bridgehead atoms. The second-order valence-corrected chi connectivity index (χ2v) is 9.27. The Morgan fingerprint density at radius 2 is 1.84 bits per heavy atom. The van der Waals surface area contributed by atoms with Crippen molar-refractivity contribution in [2.45, 2.75) is 45.0 Å². The summed E-state index contributed by atoms with van der Waals surface area (Å²) in [6.45, 7) is 8.11. The molecule has 4 aromatic rings. The van der Waals surface area contributed by atoms with Gasteiger partial charge in [0.1, 0.15) is 21.8 Å². The first-order chi connectivity index (χ1) is 15.2. The van der Waals surface area contributed by atoms with E-state index in [9.17, 15) is 14.4 Å². The molecule has 4 rings (SSSR count). The Kier molecular flexibility index (Phi) is 5.77. The van der Waals surface area contributed by atoms with Crippen LogP contribution in [0.15, 0.2) is 48.1 Å². The van der Waals surface area contributed by atoms with Crippen LogP contribution in [0.4, 0.5) is 0 Å². The van der Waals surface area contributed by atoms with Gasteiger partial charge < -0.3 is 4.42 Å². The molecule has 166 valence electrons. The lowest BCUT2D eigenvalue weighted by Gasteiger charge is -2.15. The Labute approximate surface area is 187 Å². The predicted octanol–water partition coefficient (Wildman–Crippen LogP) is 3.16. The lowest BCUT2D eigenvalue weighted by atomic mass is 10.1. The van der Waals surface area contributed by atoms with Gasteiger partial charge in [0, 0.05) is 30.8 Å². The quantitative estimate of drug-likeness (QED) is 0.260. The molecule has 9 heteroatoms. The van der Waals surface area contributed by atoms with Gasteiger partial charge in [-0.2, -0.15) is 0 Å². The summed E-state index contributed by atoms with van der Waals surface area (Å²) in [5.74, 6) is 1.07. The Morgan fingerprint density at radius 1 is 1.09 bits per heavy atom. The summed E-state index contributed by atoms with van der Waals surface area (Å²) in [5.41, 5.74) is 1.40. The summed E-state index contributed by atoms with van der Waals surface area (Å²) < 4.78 is 7.98. The first-order valence-corrected chi connectivity index (χ1v) is 11.3. The van der Waals surface area contributed by atoms with Gasteiger partial charge in [-0.15, -0.1) is 11.8 Å². The number of thioether (sulfide) groups is 1. The molecule has 0 unspecified atom stereocenters. The summed E-state index contributed by atoms with van der Waals surface area (Å²) in [6, 6.07) is 7.18. The van der Waals surface area contributed by atoms with Crippen LogP contribution < -0.4 is 16.9 Å². The third-order valence-corrected chi connectivity index (χ3v) is 6.18. The van der Waals surface area contributed by atoms with Crippen molar-refractivity contribution < 1.29 is 4.42 Å².